The van der Waals surface area contributed by atoms with Crippen LogP contribution in [-0.2, 0) is 24.2 Å². The van der Waals surface area contributed by atoms with E-state index >= 15 is 0 Å². The molecular weight excluding hydrogens is 368 g/mol. The molecular formula is C15H18N2O6S2. The van der Waals surface area contributed by atoms with Crippen molar-refractivity contribution in [2.45, 2.75) is 34.3 Å². The minimum absolute atomic E-state index is 0.193. The van der Waals surface area contributed by atoms with Crippen molar-refractivity contribution in [1.82, 2.24) is 10.4 Å². The summed E-state index contributed by atoms with van der Waals surface area (Å²) in [6.45, 7) is 1.95. The Bertz CT molecular complexity index is 786. The van der Waals surface area contributed by atoms with E-state index in [1.807, 2.05) is 6.92 Å². The van der Waals surface area contributed by atoms with Gasteiger partial charge >= 0.3 is 0 Å². The summed E-state index contributed by atoms with van der Waals surface area (Å²) in [5.41, 5.74) is 1.29. The molecule has 2 N–H and O–H groups in total. The number of rotatable bonds is 5. The average Bonchev–Trinajstić information content (AvgIpc) is 2.59. The molecule has 136 valence electrons. The van der Waals surface area contributed by atoms with E-state index in [0.29, 0.717) is 0 Å². The lowest BCUT2D eigenvalue weighted by Gasteiger charge is -2.36. The molecule has 1 aliphatic heterocycles. The summed E-state index contributed by atoms with van der Waals surface area (Å²) in [7, 11) is -3.19. The summed E-state index contributed by atoms with van der Waals surface area (Å²) >= 11 is 1.51. The third-order valence-corrected chi connectivity index (χ3v) is 7.39. The second-order valence-electron chi connectivity index (χ2n) is 5.54. The Morgan fingerprint density at radius 2 is 1.76 bits per heavy atom. The van der Waals surface area contributed by atoms with Gasteiger partial charge in [0.1, 0.15) is 0 Å². The number of hydroxylamine groups is 1. The van der Waals surface area contributed by atoms with E-state index in [9.17, 15) is 22.8 Å². The molecule has 1 aromatic carbocycles. The standard InChI is InChI=1S/C15H18N2O6S2/c1-3-24-10-4-6-11(7-5-10)25(22,23)15(14(20)16-21)8-12(18)17(2)13(19)9-15/h4-7,21H,3,8-9H2,1-2H3,(H,16,20). The van der Waals surface area contributed by atoms with Crippen molar-refractivity contribution in [1.29, 1.82) is 0 Å². The van der Waals surface area contributed by atoms with Crippen LogP contribution in [0.15, 0.2) is 34.1 Å². The highest BCUT2D eigenvalue weighted by atomic mass is 32.2. The zero-order chi connectivity index (χ0) is 18.8. The number of nitrogens with one attached hydrogen (secondary N) is 1. The largest absolute Gasteiger partial charge is 0.289 e. The number of sulfone groups is 1. The zero-order valence-electron chi connectivity index (χ0n) is 13.7. The van der Waals surface area contributed by atoms with E-state index in [4.69, 9.17) is 5.21 Å². The minimum Gasteiger partial charge on any atom is -0.289 e. The molecule has 3 amide bonds. The lowest BCUT2D eigenvalue weighted by Crippen LogP contribution is -2.60. The Hall–Kier alpha value is -1.91. The maximum atomic E-state index is 13.1. The van der Waals surface area contributed by atoms with Gasteiger partial charge in [-0.15, -0.1) is 11.8 Å². The summed E-state index contributed by atoms with van der Waals surface area (Å²) in [6.07, 6.45) is -1.45. The maximum Gasteiger partial charge on any atom is 0.266 e. The molecule has 0 aromatic heterocycles. The van der Waals surface area contributed by atoms with Gasteiger partial charge in [-0.25, -0.2) is 13.9 Å². The number of piperidine rings is 1. The SMILES string of the molecule is CCSc1ccc(S(=O)(=O)C2(C(=O)NO)CC(=O)N(C)C(=O)C2)cc1. The molecule has 0 spiro atoms. The molecule has 2 rings (SSSR count). The molecule has 0 atom stereocenters. The number of benzene rings is 1. The van der Waals surface area contributed by atoms with Crippen molar-refractivity contribution in [3.63, 3.8) is 0 Å². The van der Waals surface area contributed by atoms with Crippen molar-refractivity contribution in [3.8, 4) is 0 Å². The first-order chi connectivity index (χ1) is 11.7. The first kappa shape index (κ1) is 19.4. The van der Waals surface area contributed by atoms with Crippen molar-refractivity contribution < 1.29 is 28.0 Å². The normalized spacial score (nSPS) is 17.5. The van der Waals surface area contributed by atoms with E-state index < -0.39 is 45.1 Å². The van der Waals surface area contributed by atoms with Gasteiger partial charge in [-0.3, -0.25) is 24.5 Å². The fourth-order valence-electron chi connectivity index (χ4n) is 2.61. The predicted octanol–water partition coefficient (Wildman–Crippen LogP) is 0.595. The first-order valence-corrected chi connectivity index (χ1v) is 9.88. The van der Waals surface area contributed by atoms with Gasteiger partial charge in [0.25, 0.3) is 5.91 Å². The maximum absolute atomic E-state index is 13.1. The molecule has 1 fully saturated rings. The number of thioether (sulfide) groups is 1. The number of likely N-dealkylation sites (tertiary alicyclic amines) is 1. The van der Waals surface area contributed by atoms with Gasteiger partial charge in [0, 0.05) is 11.9 Å². The number of hydrogen-bond donors (Lipinski definition) is 2. The van der Waals surface area contributed by atoms with Crippen LogP contribution in [0.1, 0.15) is 19.8 Å². The van der Waals surface area contributed by atoms with Crippen molar-refractivity contribution in [3.05, 3.63) is 24.3 Å². The second kappa shape index (κ2) is 7.14. The number of nitrogens with zero attached hydrogens (tertiary/aromatic N) is 1. The highest BCUT2D eigenvalue weighted by molar-refractivity contribution is 7.99. The highest BCUT2D eigenvalue weighted by Gasteiger charge is 2.57. The van der Waals surface area contributed by atoms with Crippen molar-refractivity contribution in [2.24, 2.45) is 0 Å². The average molecular weight is 386 g/mol. The van der Waals surface area contributed by atoms with Gasteiger partial charge in [-0.05, 0) is 30.0 Å². The van der Waals surface area contributed by atoms with Crippen LogP contribution >= 0.6 is 11.8 Å². The summed E-state index contributed by atoms with van der Waals surface area (Å²) in [4.78, 5) is 37.7. The van der Waals surface area contributed by atoms with Crippen molar-refractivity contribution in [2.75, 3.05) is 12.8 Å². The fraction of sp³-hybridized carbons (Fsp3) is 0.400. The van der Waals surface area contributed by atoms with E-state index in [1.54, 1.807) is 12.1 Å². The Labute approximate surface area is 149 Å². The fourth-order valence-corrected chi connectivity index (χ4v) is 5.13. The summed E-state index contributed by atoms with van der Waals surface area (Å²) in [5.74, 6) is -2.10. The molecule has 25 heavy (non-hydrogen) atoms. The number of hydrogen-bond acceptors (Lipinski definition) is 7. The Balaban J connectivity index is 2.55. The van der Waals surface area contributed by atoms with E-state index in [0.717, 1.165) is 15.5 Å². The topological polar surface area (TPSA) is 121 Å². The number of carbonyl (C=O) groups is 3. The second-order valence-corrected chi connectivity index (χ2v) is 9.14. The van der Waals surface area contributed by atoms with Crippen LogP contribution in [0.25, 0.3) is 0 Å². The molecule has 0 aliphatic carbocycles. The molecule has 0 bridgehead atoms. The smallest absolute Gasteiger partial charge is 0.266 e. The molecule has 8 nitrogen and oxygen atoms in total. The van der Waals surface area contributed by atoms with E-state index in [2.05, 4.69) is 0 Å². The molecule has 0 radical (unpaired) electrons. The zero-order valence-corrected chi connectivity index (χ0v) is 15.3. The lowest BCUT2D eigenvalue weighted by atomic mass is 9.94. The lowest BCUT2D eigenvalue weighted by molar-refractivity contribution is -0.151. The molecule has 0 unspecified atom stereocenters. The van der Waals surface area contributed by atoms with Crippen LogP contribution in [0.5, 0.6) is 0 Å². The Morgan fingerprint density at radius 3 is 2.20 bits per heavy atom. The first-order valence-electron chi connectivity index (χ1n) is 7.41. The molecule has 0 saturated carbocycles. The predicted molar refractivity (Wildman–Crippen MR) is 89.7 cm³/mol. The molecule has 1 aliphatic rings. The van der Waals surface area contributed by atoms with Gasteiger partial charge in [0.05, 0.1) is 17.7 Å². The van der Waals surface area contributed by atoms with Crippen LogP contribution in [0.2, 0.25) is 0 Å². The summed E-state index contributed by atoms with van der Waals surface area (Å²) in [6, 6.07) is 5.83. The van der Waals surface area contributed by atoms with Gasteiger partial charge in [0.2, 0.25) is 11.8 Å². The third kappa shape index (κ3) is 3.29. The van der Waals surface area contributed by atoms with Gasteiger partial charge in [-0.1, -0.05) is 6.92 Å². The summed E-state index contributed by atoms with van der Waals surface area (Å²) in [5, 5.41) is 9.01. The molecule has 10 heteroatoms. The molecule has 1 heterocycles. The van der Waals surface area contributed by atoms with Crippen LogP contribution < -0.4 is 5.48 Å². The number of carbonyl (C=O) groups excluding carboxylic acids is 3. The quantitative estimate of drug-likeness (QED) is 0.329. The number of imide groups is 1. The van der Waals surface area contributed by atoms with Crippen LogP contribution in [-0.4, -0.2) is 53.8 Å². The number of amides is 3. The minimum atomic E-state index is -4.41. The van der Waals surface area contributed by atoms with Crippen LogP contribution in [0.4, 0.5) is 0 Å². The van der Waals surface area contributed by atoms with E-state index in [1.165, 1.54) is 36.4 Å². The molecule has 1 saturated heterocycles. The summed E-state index contributed by atoms with van der Waals surface area (Å²) < 4.78 is 23.8. The third-order valence-electron chi connectivity index (χ3n) is 4.10. The van der Waals surface area contributed by atoms with Crippen molar-refractivity contribution >= 4 is 39.3 Å². The van der Waals surface area contributed by atoms with Crippen LogP contribution in [0.3, 0.4) is 0 Å². The Kier molecular flexibility index (Phi) is 5.55. The molecule has 1 aromatic rings. The Morgan fingerprint density at radius 1 is 1.24 bits per heavy atom. The van der Waals surface area contributed by atoms with E-state index in [-0.39, 0.29) is 4.90 Å². The van der Waals surface area contributed by atoms with Gasteiger partial charge in [-0.2, -0.15) is 0 Å². The van der Waals surface area contributed by atoms with Gasteiger partial charge < -0.3 is 0 Å². The van der Waals surface area contributed by atoms with Crippen LogP contribution in [0, 0.1) is 0 Å². The monoisotopic (exact) mass is 386 g/mol. The van der Waals surface area contributed by atoms with Gasteiger partial charge in [0.15, 0.2) is 14.6 Å². The highest BCUT2D eigenvalue weighted by Crippen LogP contribution is 2.37.